The van der Waals surface area contributed by atoms with Gasteiger partial charge in [0.1, 0.15) is 11.5 Å². The molecule has 5 heteroatoms. The minimum absolute atomic E-state index is 0.212. The lowest BCUT2D eigenvalue weighted by Crippen LogP contribution is -2.22. The molecule has 4 N–H and O–H groups in total. The second kappa shape index (κ2) is 7.01. The lowest BCUT2D eigenvalue weighted by atomic mass is 10.0. The molecule has 0 saturated heterocycles. The number of hydrogen-bond acceptors (Lipinski definition) is 5. The highest BCUT2D eigenvalue weighted by atomic mass is 32.2. The molecule has 0 radical (unpaired) electrons. The number of benzene rings is 1. The molecule has 0 bridgehead atoms. The Morgan fingerprint density at radius 1 is 1.50 bits per heavy atom. The second-order valence-electron chi connectivity index (χ2n) is 5.68. The largest absolute Gasteiger partial charge is 0.508 e. The molecule has 2 rings (SSSR count). The van der Waals surface area contributed by atoms with Crippen LogP contribution in [0.25, 0.3) is 5.76 Å². The van der Waals surface area contributed by atoms with E-state index < -0.39 is 0 Å². The second-order valence-corrected chi connectivity index (χ2v) is 6.75. The highest BCUT2D eigenvalue weighted by Gasteiger charge is 2.18. The van der Waals surface area contributed by atoms with E-state index in [4.69, 9.17) is 10.5 Å². The van der Waals surface area contributed by atoms with E-state index in [2.05, 4.69) is 24.6 Å². The Balaban J connectivity index is 2.06. The zero-order chi connectivity index (χ0) is 16.3. The molecule has 1 aliphatic rings. The maximum Gasteiger partial charge on any atom is 0.123 e. The zero-order valence-electron chi connectivity index (χ0n) is 13.5. The summed E-state index contributed by atoms with van der Waals surface area (Å²) in [5.74, 6) is 1.44. The van der Waals surface area contributed by atoms with Gasteiger partial charge in [-0.1, -0.05) is 13.8 Å². The monoisotopic (exact) mass is 320 g/mol. The first-order chi connectivity index (χ1) is 10.4. The van der Waals surface area contributed by atoms with E-state index in [1.807, 2.05) is 19.1 Å². The molecule has 0 aliphatic carbocycles. The normalized spacial score (nSPS) is 18.3. The Kier molecular flexibility index (Phi) is 5.29. The van der Waals surface area contributed by atoms with E-state index in [0.29, 0.717) is 17.2 Å². The molecule has 0 fully saturated rings. The summed E-state index contributed by atoms with van der Waals surface area (Å²) in [5.41, 5.74) is 9.40. The van der Waals surface area contributed by atoms with Crippen molar-refractivity contribution in [3.05, 3.63) is 40.4 Å². The van der Waals surface area contributed by atoms with Crippen LogP contribution in [0, 0.1) is 12.8 Å². The van der Waals surface area contributed by atoms with E-state index in [-0.39, 0.29) is 11.1 Å². The first-order valence-electron chi connectivity index (χ1n) is 7.38. The van der Waals surface area contributed by atoms with Crippen LogP contribution in [0.4, 0.5) is 5.69 Å². The molecule has 1 heterocycles. The molecule has 0 saturated carbocycles. The number of rotatable bonds is 5. The quantitative estimate of drug-likeness (QED) is 0.564. The fourth-order valence-corrected chi connectivity index (χ4v) is 3.37. The van der Waals surface area contributed by atoms with Crippen molar-refractivity contribution in [3.8, 4) is 5.75 Å². The molecule has 120 valence electrons. The number of anilines is 1. The fourth-order valence-electron chi connectivity index (χ4n) is 2.31. The highest BCUT2D eigenvalue weighted by Crippen LogP contribution is 2.32. The van der Waals surface area contributed by atoms with Crippen LogP contribution < -0.4 is 15.8 Å². The van der Waals surface area contributed by atoms with Crippen molar-refractivity contribution in [1.29, 1.82) is 0 Å². The third-order valence-electron chi connectivity index (χ3n) is 3.80. The number of ether oxygens (including phenoxy) is 1. The summed E-state index contributed by atoms with van der Waals surface area (Å²) in [6.45, 7) is 6.21. The molecule has 1 aromatic carbocycles. The molecule has 1 atom stereocenters. The summed E-state index contributed by atoms with van der Waals surface area (Å²) >= 11 is 1.75. The molecule has 1 aliphatic heterocycles. The first kappa shape index (κ1) is 16.6. The van der Waals surface area contributed by atoms with Crippen LogP contribution in [0.5, 0.6) is 5.75 Å². The van der Waals surface area contributed by atoms with Crippen molar-refractivity contribution in [1.82, 2.24) is 5.32 Å². The molecule has 0 amide bonds. The molecule has 0 spiro atoms. The number of nitrogens with one attached hydrogen (secondary N) is 1. The number of thioether (sulfide) groups is 1. The predicted molar refractivity (Wildman–Crippen MR) is 94.8 cm³/mol. The van der Waals surface area contributed by atoms with Crippen LogP contribution in [0.1, 0.15) is 31.4 Å². The Hall–Kier alpha value is -1.75. The topological polar surface area (TPSA) is 67.5 Å². The van der Waals surface area contributed by atoms with Crippen molar-refractivity contribution < 1.29 is 9.84 Å². The zero-order valence-corrected chi connectivity index (χ0v) is 14.3. The van der Waals surface area contributed by atoms with Gasteiger partial charge in [0.2, 0.25) is 0 Å². The lowest BCUT2D eigenvalue weighted by Gasteiger charge is -2.14. The highest BCUT2D eigenvalue weighted by molar-refractivity contribution is 8.02. The lowest BCUT2D eigenvalue weighted by molar-refractivity contribution is 0.412. The van der Waals surface area contributed by atoms with Crippen LogP contribution in [-0.2, 0) is 0 Å². The number of aliphatic hydroxyl groups excluding tert-OH is 1. The van der Waals surface area contributed by atoms with Gasteiger partial charge < -0.3 is 20.9 Å². The summed E-state index contributed by atoms with van der Waals surface area (Å²) in [4.78, 5) is 0. The van der Waals surface area contributed by atoms with Crippen LogP contribution in [0.2, 0.25) is 0 Å². The van der Waals surface area contributed by atoms with Gasteiger partial charge in [0.25, 0.3) is 0 Å². The van der Waals surface area contributed by atoms with Crippen LogP contribution >= 0.6 is 11.8 Å². The molecular formula is C17H24N2O2S. The Bertz CT molecular complexity index is 609. The molecular weight excluding hydrogens is 296 g/mol. The number of nitrogens with two attached hydrogens (primary N) is 1. The maximum atomic E-state index is 10.3. The number of nitrogen functional groups attached to an aromatic ring is 1. The maximum absolute atomic E-state index is 10.3. The van der Waals surface area contributed by atoms with Crippen LogP contribution in [0.15, 0.2) is 29.3 Å². The summed E-state index contributed by atoms with van der Waals surface area (Å²) < 4.78 is 5.23. The van der Waals surface area contributed by atoms with Crippen molar-refractivity contribution >= 4 is 23.2 Å². The number of methoxy groups -OCH3 is 1. The SMILES string of the molecule is COc1ccc(/C(O)=C\CC2NC(C(C)C)=CS2)c(N)c1C. The molecule has 1 aromatic rings. The van der Waals surface area contributed by atoms with Gasteiger partial charge >= 0.3 is 0 Å². The molecule has 22 heavy (non-hydrogen) atoms. The third kappa shape index (κ3) is 3.53. The minimum atomic E-state index is 0.212. The number of aliphatic hydroxyl groups is 1. The molecule has 1 unspecified atom stereocenters. The first-order valence-corrected chi connectivity index (χ1v) is 8.33. The third-order valence-corrected chi connectivity index (χ3v) is 4.82. The van der Waals surface area contributed by atoms with Gasteiger partial charge in [0.15, 0.2) is 0 Å². The predicted octanol–water partition coefficient (Wildman–Crippen LogP) is 4.03. The summed E-state index contributed by atoms with van der Waals surface area (Å²) in [6, 6.07) is 3.62. The van der Waals surface area contributed by atoms with Gasteiger partial charge in [-0.25, -0.2) is 0 Å². The Morgan fingerprint density at radius 2 is 2.23 bits per heavy atom. The average molecular weight is 320 g/mol. The Labute approximate surface area is 136 Å². The summed E-state index contributed by atoms with van der Waals surface area (Å²) in [6.07, 6.45) is 2.55. The molecule has 4 nitrogen and oxygen atoms in total. The van der Waals surface area contributed by atoms with Crippen LogP contribution in [-0.4, -0.2) is 17.6 Å². The van der Waals surface area contributed by atoms with E-state index in [1.54, 1.807) is 24.9 Å². The van der Waals surface area contributed by atoms with Gasteiger partial charge in [0.05, 0.1) is 12.5 Å². The summed E-state index contributed by atoms with van der Waals surface area (Å²) in [5, 5.41) is 16.2. The van der Waals surface area contributed by atoms with E-state index in [0.717, 1.165) is 17.7 Å². The number of allylic oxidation sites excluding steroid dienone is 1. The van der Waals surface area contributed by atoms with Gasteiger partial charge in [0, 0.05) is 22.5 Å². The van der Waals surface area contributed by atoms with Crippen molar-refractivity contribution in [2.24, 2.45) is 5.92 Å². The molecule has 0 aromatic heterocycles. The van der Waals surface area contributed by atoms with Gasteiger partial charge in [-0.05, 0) is 42.9 Å². The van der Waals surface area contributed by atoms with E-state index >= 15 is 0 Å². The van der Waals surface area contributed by atoms with Gasteiger partial charge in [-0.3, -0.25) is 0 Å². The standard InChI is InChI=1S/C17H24N2O2S/c1-10(2)13-9-22-16(19-13)8-6-14(20)12-5-7-15(21-4)11(3)17(12)18/h5-7,9-10,16,19-20H,8,18H2,1-4H3/b14-6+. The van der Waals surface area contributed by atoms with Gasteiger partial charge in [-0.2, -0.15) is 0 Å². The van der Waals surface area contributed by atoms with E-state index in [1.165, 1.54) is 5.70 Å². The smallest absolute Gasteiger partial charge is 0.123 e. The van der Waals surface area contributed by atoms with Crippen molar-refractivity contribution in [2.75, 3.05) is 12.8 Å². The number of hydrogen-bond donors (Lipinski definition) is 3. The van der Waals surface area contributed by atoms with Crippen molar-refractivity contribution in [3.63, 3.8) is 0 Å². The van der Waals surface area contributed by atoms with Crippen LogP contribution in [0.3, 0.4) is 0 Å². The summed E-state index contributed by atoms with van der Waals surface area (Å²) in [7, 11) is 1.61. The van der Waals surface area contributed by atoms with E-state index in [9.17, 15) is 5.11 Å². The van der Waals surface area contributed by atoms with Crippen molar-refractivity contribution in [2.45, 2.75) is 32.6 Å². The average Bonchev–Trinajstić information content (AvgIpc) is 2.96. The minimum Gasteiger partial charge on any atom is -0.508 e. The fraction of sp³-hybridized carbons (Fsp3) is 0.412. The Morgan fingerprint density at radius 3 is 2.82 bits per heavy atom. The van der Waals surface area contributed by atoms with Gasteiger partial charge in [-0.15, -0.1) is 11.8 Å².